The Hall–Kier alpha value is -1.93. The second-order valence-electron chi connectivity index (χ2n) is 4.17. The number of sulfonamides is 1. The second-order valence-corrected chi connectivity index (χ2v) is 5.82. The lowest BCUT2D eigenvalue weighted by molar-refractivity contribution is -0.132. The van der Waals surface area contributed by atoms with Crippen LogP contribution in [0.4, 0.5) is 0 Å². The third kappa shape index (κ3) is 2.66. The average Bonchev–Trinajstić information content (AvgIpc) is 2.68. The Morgan fingerprint density at radius 1 is 1.45 bits per heavy atom. The van der Waals surface area contributed by atoms with Gasteiger partial charge in [-0.15, -0.1) is 0 Å². The normalized spacial score (nSPS) is 19.2. The van der Waals surface area contributed by atoms with Crippen molar-refractivity contribution in [1.29, 1.82) is 0 Å². The van der Waals surface area contributed by atoms with Crippen LogP contribution in [-0.2, 0) is 19.7 Å². The van der Waals surface area contributed by atoms with E-state index in [-0.39, 0.29) is 10.7 Å². The van der Waals surface area contributed by atoms with E-state index in [9.17, 15) is 13.2 Å². The molecule has 1 aromatic rings. The van der Waals surface area contributed by atoms with E-state index >= 15 is 0 Å². The van der Waals surface area contributed by atoms with Crippen LogP contribution in [0.25, 0.3) is 0 Å². The SMILES string of the molecule is CC[C@H](N=C1NS(=O)(=O)c2ccccc21)C(=O)NOC. The van der Waals surface area contributed by atoms with Crippen molar-refractivity contribution in [2.45, 2.75) is 24.3 Å². The van der Waals surface area contributed by atoms with Gasteiger partial charge in [0.2, 0.25) is 0 Å². The minimum absolute atomic E-state index is 0.167. The van der Waals surface area contributed by atoms with Crippen molar-refractivity contribution >= 4 is 21.8 Å². The molecule has 0 spiro atoms. The first-order chi connectivity index (χ1) is 9.49. The molecule has 7 nitrogen and oxygen atoms in total. The van der Waals surface area contributed by atoms with E-state index < -0.39 is 22.0 Å². The molecule has 8 heteroatoms. The summed E-state index contributed by atoms with van der Waals surface area (Å²) in [7, 11) is -2.27. The van der Waals surface area contributed by atoms with Gasteiger partial charge in [0.25, 0.3) is 15.9 Å². The van der Waals surface area contributed by atoms with Crippen LogP contribution in [0.1, 0.15) is 18.9 Å². The molecule has 0 radical (unpaired) electrons. The van der Waals surface area contributed by atoms with Gasteiger partial charge in [-0.05, 0) is 18.6 Å². The van der Waals surface area contributed by atoms with Gasteiger partial charge in [0.1, 0.15) is 11.9 Å². The van der Waals surface area contributed by atoms with Crippen molar-refractivity contribution < 1.29 is 18.0 Å². The largest absolute Gasteiger partial charge is 0.277 e. The van der Waals surface area contributed by atoms with Gasteiger partial charge in [-0.2, -0.15) is 0 Å². The van der Waals surface area contributed by atoms with Gasteiger partial charge in [-0.3, -0.25) is 19.3 Å². The Morgan fingerprint density at radius 3 is 2.80 bits per heavy atom. The first-order valence-corrected chi connectivity index (χ1v) is 7.50. The van der Waals surface area contributed by atoms with Crippen LogP contribution in [0.3, 0.4) is 0 Å². The third-order valence-corrected chi connectivity index (χ3v) is 4.24. The number of hydrogen-bond acceptors (Lipinski definition) is 5. The van der Waals surface area contributed by atoms with E-state index in [1.54, 1.807) is 25.1 Å². The number of benzene rings is 1. The summed E-state index contributed by atoms with van der Waals surface area (Å²) in [5.74, 6) is -0.246. The maximum atomic E-state index is 11.9. The molecule has 1 amide bonds. The molecule has 1 atom stereocenters. The molecular formula is C12H15N3O4S. The third-order valence-electron chi connectivity index (χ3n) is 2.84. The molecule has 0 saturated heterocycles. The molecule has 0 aliphatic carbocycles. The lowest BCUT2D eigenvalue weighted by Gasteiger charge is -2.10. The average molecular weight is 297 g/mol. The number of amides is 1. The van der Waals surface area contributed by atoms with Crippen molar-refractivity contribution in [2.24, 2.45) is 4.99 Å². The van der Waals surface area contributed by atoms with Crippen LogP contribution in [0, 0.1) is 0 Å². The highest BCUT2D eigenvalue weighted by atomic mass is 32.2. The molecule has 108 valence electrons. The predicted octanol–water partition coefficient (Wildman–Crippen LogP) is 0.181. The van der Waals surface area contributed by atoms with Crippen molar-refractivity contribution in [3.05, 3.63) is 29.8 Å². The highest BCUT2D eigenvalue weighted by molar-refractivity contribution is 7.90. The Bertz CT molecular complexity index is 654. The topological polar surface area (TPSA) is 96.9 Å². The van der Waals surface area contributed by atoms with Gasteiger partial charge in [0, 0.05) is 5.56 Å². The number of aliphatic imine (C=N–C) groups is 1. The van der Waals surface area contributed by atoms with Gasteiger partial charge in [0.05, 0.1) is 12.0 Å². The summed E-state index contributed by atoms with van der Waals surface area (Å²) in [5.41, 5.74) is 2.66. The summed E-state index contributed by atoms with van der Waals surface area (Å²) in [4.78, 5) is 20.6. The fourth-order valence-corrected chi connectivity index (χ4v) is 3.13. The van der Waals surface area contributed by atoms with Crippen LogP contribution in [-0.4, -0.2) is 33.3 Å². The first-order valence-electron chi connectivity index (χ1n) is 6.02. The number of hydroxylamine groups is 1. The summed E-state index contributed by atoms with van der Waals surface area (Å²) < 4.78 is 26.2. The summed E-state index contributed by atoms with van der Waals surface area (Å²) in [6.07, 6.45) is 0.419. The number of hydrogen-bond donors (Lipinski definition) is 2. The van der Waals surface area contributed by atoms with Crippen LogP contribution in [0.2, 0.25) is 0 Å². The Kier molecular flexibility index (Phi) is 4.05. The Morgan fingerprint density at radius 2 is 2.15 bits per heavy atom. The number of amidine groups is 1. The number of rotatable bonds is 4. The van der Waals surface area contributed by atoms with Crippen LogP contribution in [0.5, 0.6) is 0 Å². The molecule has 0 fully saturated rings. The summed E-state index contributed by atoms with van der Waals surface area (Å²) in [6, 6.07) is 5.77. The fourth-order valence-electron chi connectivity index (χ4n) is 1.89. The van der Waals surface area contributed by atoms with E-state index in [0.717, 1.165) is 0 Å². The summed E-state index contributed by atoms with van der Waals surface area (Å²) in [5, 5.41) is 0. The summed E-state index contributed by atoms with van der Waals surface area (Å²) in [6.45, 7) is 1.78. The molecule has 1 aliphatic heterocycles. The zero-order valence-electron chi connectivity index (χ0n) is 11.1. The van der Waals surface area contributed by atoms with Crippen LogP contribution >= 0.6 is 0 Å². The van der Waals surface area contributed by atoms with E-state index in [0.29, 0.717) is 12.0 Å². The van der Waals surface area contributed by atoms with Crippen molar-refractivity contribution in [3.63, 3.8) is 0 Å². The van der Waals surface area contributed by atoms with Crippen molar-refractivity contribution in [1.82, 2.24) is 10.2 Å². The fraction of sp³-hybridized carbons (Fsp3) is 0.333. The minimum Gasteiger partial charge on any atom is -0.277 e. The quantitative estimate of drug-likeness (QED) is 0.775. The van der Waals surface area contributed by atoms with Gasteiger partial charge in [0.15, 0.2) is 0 Å². The van der Waals surface area contributed by atoms with Gasteiger partial charge in [-0.25, -0.2) is 13.9 Å². The number of carbonyl (C=O) groups is 1. The molecule has 0 unspecified atom stereocenters. The van der Waals surface area contributed by atoms with E-state index in [1.165, 1.54) is 13.2 Å². The monoisotopic (exact) mass is 297 g/mol. The van der Waals surface area contributed by atoms with E-state index in [4.69, 9.17) is 0 Å². The maximum Gasteiger partial charge on any atom is 0.268 e. The molecule has 20 heavy (non-hydrogen) atoms. The molecule has 2 rings (SSSR count). The molecule has 1 heterocycles. The Labute approximate surface area is 117 Å². The smallest absolute Gasteiger partial charge is 0.268 e. The number of nitrogens with zero attached hydrogens (tertiary/aromatic N) is 1. The molecule has 0 aromatic heterocycles. The molecule has 0 bridgehead atoms. The Balaban J connectivity index is 2.39. The molecule has 1 aliphatic rings. The summed E-state index contributed by atoms with van der Waals surface area (Å²) >= 11 is 0. The second kappa shape index (κ2) is 5.59. The van der Waals surface area contributed by atoms with Crippen molar-refractivity contribution in [3.8, 4) is 0 Å². The van der Waals surface area contributed by atoms with E-state index in [1.807, 2.05) is 0 Å². The molecule has 2 N–H and O–H groups in total. The lowest BCUT2D eigenvalue weighted by atomic mass is 10.2. The zero-order chi connectivity index (χ0) is 14.8. The molecule has 0 saturated carbocycles. The highest BCUT2D eigenvalue weighted by Crippen LogP contribution is 2.22. The first kappa shape index (κ1) is 14.5. The lowest BCUT2D eigenvalue weighted by Crippen LogP contribution is -2.34. The standard InChI is InChI=1S/C12H15N3O4S/c1-3-9(12(16)14-19-2)13-11-8-6-4-5-7-10(8)20(17,18)15-11/h4-7,9H,3H2,1-2H3,(H,13,15)(H,14,16)/t9-/m0/s1. The van der Waals surface area contributed by atoms with Crippen LogP contribution < -0.4 is 10.2 Å². The molecule has 1 aromatic carbocycles. The predicted molar refractivity (Wildman–Crippen MR) is 72.5 cm³/mol. The number of carbonyl (C=O) groups excluding carboxylic acids is 1. The molecular weight excluding hydrogens is 282 g/mol. The van der Waals surface area contributed by atoms with Gasteiger partial charge in [-0.1, -0.05) is 19.1 Å². The minimum atomic E-state index is -3.59. The number of nitrogens with one attached hydrogen (secondary N) is 2. The van der Waals surface area contributed by atoms with Crippen LogP contribution in [0.15, 0.2) is 34.2 Å². The van der Waals surface area contributed by atoms with Gasteiger partial charge >= 0.3 is 0 Å². The van der Waals surface area contributed by atoms with Gasteiger partial charge < -0.3 is 0 Å². The zero-order valence-corrected chi connectivity index (χ0v) is 11.9. The van der Waals surface area contributed by atoms with Crippen molar-refractivity contribution in [2.75, 3.05) is 7.11 Å². The van der Waals surface area contributed by atoms with E-state index in [2.05, 4.69) is 20.0 Å². The number of fused-ring (bicyclic) bond motifs is 1. The highest BCUT2D eigenvalue weighted by Gasteiger charge is 2.31. The maximum absolute atomic E-state index is 11.9.